The van der Waals surface area contributed by atoms with Crippen LogP contribution in [0.15, 0.2) is 11.2 Å². The third kappa shape index (κ3) is 4.49. The van der Waals surface area contributed by atoms with Crippen LogP contribution in [0, 0.1) is 5.92 Å². The summed E-state index contributed by atoms with van der Waals surface area (Å²) >= 11 is 13.1. The summed E-state index contributed by atoms with van der Waals surface area (Å²) < 4.78 is 0. The number of nitrogens with zero attached hydrogens (tertiary/aromatic N) is 2. The fourth-order valence-electron chi connectivity index (χ4n) is 0.821. The molecule has 2 nitrogen and oxygen atoms in total. The van der Waals surface area contributed by atoms with Gasteiger partial charge in [-0.05, 0) is 12.3 Å². The van der Waals surface area contributed by atoms with Gasteiger partial charge in [0, 0.05) is 11.8 Å². The SMILES string of the molecule is CC(C)CCSc1nc(Cl)cc(Cl)n1. The molecule has 1 aromatic rings. The van der Waals surface area contributed by atoms with E-state index in [9.17, 15) is 0 Å². The molecule has 5 heteroatoms. The Morgan fingerprint density at radius 3 is 2.36 bits per heavy atom. The van der Waals surface area contributed by atoms with Crippen molar-refractivity contribution in [3.05, 3.63) is 16.4 Å². The van der Waals surface area contributed by atoms with Gasteiger partial charge in [-0.3, -0.25) is 0 Å². The first-order valence-electron chi connectivity index (χ1n) is 4.41. The maximum absolute atomic E-state index is 5.74. The lowest BCUT2D eigenvalue weighted by Gasteiger charge is -2.03. The van der Waals surface area contributed by atoms with Crippen molar-refractivity contribution in [1.82, 2.24) is 9.97 Å². The highest BCUT2D eigenvalue weighted by atomic mass is 35.5. The number of halogens is 2. The van der Waals surface area contributed by atoms with Crippen molar-refractivity contribution in [3.63, 3.8) is 0 Å². The predicted octanol–water partition coefficient (Wildman–Crippen LogP) is 3.92. The van der Waals surface area contributed by atoms with E-state index in [1.807, 2.05) is 0 Å². The van der Waals surface area contributed by atoms with Crippen LogP contribution in [0.3, 0.4) is 0 Å². The van der Waals surface area contributed by atoms with Gasteiger partial charge in [0.05, 0.1) is 0 Å². The molecule has 1 aromatic heterocycles. The van der Waals surface area contributed by atoms with Crippen molar-refractivity contribution >= 4 is 35.0 Å². The Kier molecular flexibility index (Phi) is 4.99. The molecule has 0 bridgehead atoms. The van der Waals surface area contributed by atoms with E-state index in [1.165, 1.54) is 6.07 Å². The lowest BCUT2D eigenvalue weighted by molar-refractivity contribution is 0.631. The minimum Gasteiger partial charge on any atom is -0.211 e. The quantitative estimate of drug-likeness (QED) is 0.460. The number of thioether (sulfide) groups is 1. The van der Waals surface area contributed by atoms with Gasteiger partial charge in [0.15, 0.2) is 5.16 Å². The maximum atomic E-state index is 5.74. The largest absolute Gasteiger partial charge is 0.211 e. The highest BCUT2D eigenvalue weighted by molar-refractivity contribution is 7.99. The summed E-state index contributed by atoms with van der Waals surface area (Å²) in [5, 5.41) is 1.46. The van der Waals surface area contributed by atoms with Gasteiger partial charge in [0.25, 0.3) is 0 Å². The molecule has 0 aromatic carbocycles. The van der Waals surface area contributed by atoms with Gasteiger partial charge >= 0.3 is 0 Å². The molecule has 0 atom stereocenters. The summed E-state index contributed by atoms with van der Waals surface area (Å²) in [6, 6.07) is 1.54. The molecule has 0 radical (unpaired) electrons. The van der Waals surface area contributed by atoms with E-state index in [0.29, 0.717) is 21.4 Å². The second-order valence-corrected chi connectivity index (χ2v) is 5.16. The van der Waals surface area contributed by atoms with E-state index in [4.69, 9.17) is 23.2 Å². The number of aromatic nitrogens is 2. The van der Waals surface area contributed by atoms with Crippen LogP contribution >= 0.6 is 35.0 Å². The summed E-state index contributed by atoms with van der Waals surface area (Å²) in [4.78, 5) is 8.13. The molecule has 0 fully saturated rings. The van der Waals surface area contributed by atoms with Crippen molar-refractivity contribution in [2.24, 2.45) is 5.92 Å². The monoisotopic (exact) mass is 250 g/mol. The van der Waals surface area contributed by atoms with Crippen LogP contribution in [-0.4, -0.2) is 15.7 Å². The number of hydrogen-bond acceptors (Lipinski definition) is 3. The Labute approximate surface area is 98.4 Å². The molecular formula is C9H12Cl2N2S. The zero-order chi connectivity index (χ0) is 10.6. The van der Waals surface area contributed by atoms with Gasteiger partial charge in [0.2, 0.25) is 0 Å². The Hall–Kier alpha value is 0.01000. The van der Waals surface area contributed by atoms with Crippen molar-refractivity contribution in [1.29, 1.82) is 0 Å². The molecule has 0 amide bonds. The van der Waals surface area contributed by atoms with Crippen LogP contribution < -0.4 is 0 Å². The van der Waals surface area contributed by atoms with Gasteiger partial charge in [-0.15, -0.1) is 0 Å². The van der Waals surface area contributed by atoms with Crippen LogP contribution in [0.25, 0.3) is 0 Å². The smallest absolute Gasteiger partial charge is 0.190 e. The Morgan fingerprint density at radius 2 is 1.86 bits per heavy atom. The lowest BCUT2D eigenvalue weighted by Crippen LogP contribution is -1.92. The molecule has 0 spiro atoms. The fourth-order valence-corrected chi connectivity index (χ4v) is 2.44. The first-order valence-corrected chi connectivity index (χ1v) is 6.15. The first kappa shape index (κ1) is 12.1. The van der Waals surface area contributed by atoms with Crippen molar-refractivity contribution < 1.29 is 0 Å². The van der Waals surface area contributed by atoms with E-state index in [-0.39, 0.29) is 0 Å². The highest BCUT2D eigenvalue weighted by Crippen LogP contribution is 2.20. The highest BCUT2D eigenvalue weighted by Gasteiger charge is 2.03. The summed E-state index contributed by atoms with van der Waals surface area (Å²) in [7, 11) is 0. The van der Waals surface area contributed by atoms with Gasteiger partial charge in [-0.1, -0.05) is 48.8 Å². The standard InChI is InChI=1S/C9H12Cl2N2S/c1-6(2)3-4-14-9-12-7(10)5-8(11)13-9/h5-6H,3-4H2,1-2H3. The molecule has 1 rings (SSSR count). The Balaban J connectivity index is 2.50. The van der Waals surface area contributed by atoms with E-state index < -0.39 is 0 Å². The Morgan fingerprint density at radius 1 is 1.29 bits per heavy atom. The van der Waals surface area contributed by atoms with Crippen molar-refractivity contribution in [2.75, 3.05) is 5.75 Å². The zero-order valence-electron chi connectivity index (χ0n) is 8.13. The minimum atomic E-state index is 0.400. The zero-order valence-corrected chi connectivity index (χ0v) is 10.5. The van der Waals surface area contributed by atoms with E-state index in [1.54, 1.807) is 11.8 Å². The molecule has 1 heterocycles. The second-order valence-electron chi connectivity index (χ2n) is 3.33. The molecule has 0 saturated heterocycles. The van der Waals surface area contributed by atoms with Gasteiger partial charge in [-0.25, -0.2) is 9.97 Å². The molecule has 14 heavy (non-hydrogen) atoms. The minimum absolute atomic E-state index is 0.400. The molecular weight excluding hydrogens is 239 g/mol. The van der Waals surface area contributed by atoms with Crippen LogP contribution in [0.4, 0.5) is 0 Å². The molecule has 0 saturated carbocycles. The summed E-state index contributed by atoms with van der Waals surface area (Å²) in [5.41, 5.74) is 0. The third-order valence-electron chi connectivity index (χ3n) is 1.57. The molecule has 78 valence electrons. The molecule has 0 aliphatic heterocycles. The second kappa shape index (κ2) is 5.79. The number of rotatable bonds is 4. The normalized spacial score (nSPS) is 10.9. The Bertz CT molecular complexity index is 285. The average molecular weight is 251 g/mol. The summed E-state index contributed by atoms with van der Waals surface area (Å²) in [5.74, 6) is 1.69. The van der Waals surface area contributed by atoms with Crippen LogP contribution in [-0.2, 0) is 0 Å². The third-order valence-corrected chi connectivity index (χ3v) is 2.84. The molecule has 0 aliphatic carbocycles. The fraction of sp³-hybridized carbons (Fsp3) is 0.556. The molecule has 0 unspecified atom stereocenters. The molecule has 0 aliphatic rings. The molecule has 0 N–H and O–H groups in total. The van der Waals surface area contributed by atoms with Crippen molar-refractivity contribution in [2.45, 2.75) is 25.4 Å². The lowest BCUT2D eigenvalue weighted by atomic mass is 10.2. The van der Waals surface area contributed by atoms with Gasteiger partial charge in [0.1, 0.15) is 10.3 Å². The predicted molar refractivity (Wildman–Crippen MR) is 62.2 cm³/mol. The average Bonchev–Trinajstić information content (AvgIpc) is 2.01. The van der Waals surface area contributed by atoms with Crippen LogP contribution in [0.1, 0.15) is 20.3 Å². The van der Waals surface area contributed by atoms with Crippen LogP contribution in [0.2, 0.25) is 10.3 Å². The van der Waals surface area contributed by atoms with Crippen molar-refractivity contribution in [3.8, 4) is 0 Å². The maximum Gasteiger partial charge on any atom is 0.190 e. The first-order chi connectivity index (χ1) is 6.58. The van der Waals surface area contributed by atoms with E-state index in [2.05, 4.69) is 23.8 Å². The van der Waals surface area contributed by atoms with Gasteiger partial charge < -0.3 is 0 Å². The summed E-state index contributed by atoms with van der Waals surface area (Å²) in [6.07, 6.45) is 1.14. The van der Waals surface area contributed by atoms with E-state index in [0.717, 1.165) is 12.2 Å². The summed E-state index contributed by atoms with van der Waals surface area (Å²) in [6.45, 7) is 4.37. The van der Waals surface area contributed by atoms with Crippen LogP contribution in [0.5, 0.6) is 0 Å². The topological polar surface area (TPSA) is 25.8 Å². The van der Waals surface area contributed by atoms with E-state index >= 15 is 0 Å². The number of hydrogen-bond donors (Lipinski definition) is 0. The van der Waals surface area contributed by atoms with Gasteiger partial charge in [-0.2, -0.15) is 0 Å².